The van der Waals surface area contributed by atoms with Crippen LogP contribution in [0.5, 0.6) is 11.6 Å². The minimum Gasteiger partial charge on any atom is -0.437 e. The van der Waals surface area contributed by atoms with Crippen molar-refractivity contribution in [3.05, 3.63) is 57.1 Å². The van der Waals surface area contributed by atoms with Gasteiger partial charge in [0, 0.05) is 22.9 Å². The van der Waals surface area contributed by atoms with Crippen LogP contribution in [0.2, 0.25) is 0 Å². The summed E-state index contributed by atoms with van der Waals surface area (Å²) in [5.74, 6) is 0.878. The van der Waals surface area contributed by atoms with Crippen LogP contribution in [0.1, 0.15) is 48.1 Å². The second-order valence-corrected chi connectivity index (χ2v) is 6.83. The molecule has 1 aliphatic heterocycles. The SMILES string of the molecule is CC1c2c(nc3c(c2N)CCCC3)Oc2c1c(=O)oc1ccccc21. The molecule has 0 saturated carbocycles. The zero-order valence-electron chi connectivity index (χ0n) is 14.0. The average molecular weight is 334 g/mol. The third kappa shape index (κ3) is 1.95. The monoisotopic (exact) mass is 334 g/mol. The van der Waals surface area contributed by atoms with Gasteiger partial charge in [-0.15, -0.1) is 0 Å². The summed E-state index contributed by atoms with van der Waals surface area (Å²) in [5.41, 5.74) is 10.9. The summed E-state index contributed by atoms with van der Waals surface area (Å²) in [4.78, 5) is 17.4. The number of anilines is 1. The summed E-state index contributed by atoms with van der Waals surface area (Å²) in [5, 5.41) is 0.785. The summed E-state index contributed by atoms with van der Waals surface area (Å²) in [7, 11) is 0. The van der Waals surface area contributed by atoms with Crippen molar-refractivity contribution in [1.82, 2.24) is 4.98 Å². The highest BCUT2D eigenvalue weighted by Gasteiger charge is 2.34. The van der Waals surface area contributed by atoms with E-state index in [-0.39, 0.29) is 11.5 Å². The lowest BCUT2D eigenvalue weighted by molar-refractivity contribution is 0.417. The Balaban J connectivity index is 1.81. The Morgan fingerprint density at radius 3 is 2.84 bits per heavy atom. The molecule has 0 spiro atoms. The van der Waals surface area contributed by atoms with Gasteiger partial charge in [0.2, 0.25) is 5.88 Å². The number of hydrogen-bond acceptors (Lipinski definition) is 5. The first-order chi connectivity index (χ1) is 12.1. The third-order valence-corrected chi connectivity index (χ3v) is 5.38. The van der Waals surface area contributed by atoms with Crippen LogP contribution in [-0.2, 0) is 12.8 Å². The van der Waals surface area contributed by atoms with E-state index in [4.69, 9.17) is 19.9 Å². The van der Waals surface area contributed by atoms with Gasteiger partial charge in [-0.2, -0.15) is 0 Å². The van der Waals surface area contributed by atoms with E-state index in [0.717, 1.165) is 53.6 Å². The second kappa shape index (κ2) is 5.09. The van der Waals surface area contributed by atoms with Crippen LogP contribution in [-0.4, -0.2) is 4.98 Å². The smallest absolute Gasteiger partial charge is 0.343 e. The molecule has 1 atom stereocenters. The molecule has 1 aromatic carbocycles. The molecule has 1 aliphatic carbocycles. The molecule has 0 amide bonds. The normalized spacial score (nSPS) is 18.2. The van der Waals surface area contributed by atoms with Crippen molar-refractivity contribution < 1.29 is 9.15 Å². The lowest BCUT2D eigenvalue weighted by Gasteiger charge is -2.29. The molecule has 126 valence electrons. The Kier molecular flexibility index (Phi) is 2.95. The van der Waals surface area contributed by atoms with Crippen LogP contribution in [0, 0.1) is 0 Å². The molecule has 5 heteroatoms. The number of nitrogens with zero attached hydrogens (tertiary/aromatic N) is 1. The van der Waals surface area contributed by atoms with Gasteiger partial charge in [0.05, 0.1) is 10.9 Å². The Morgan fingerprint density at radius 2 is 1.96 bits per heavy atom. The topological polar surface area (TPSA) is 78.4 Å². The number of ether oxygens (including phenoxy) is 1. The fourth-order valence-electron chi connectivity index (χ4n) is 4.12. The number of nitrogen functional groups attached to an aromatic ring is 1. The molecule has 0 fully saturated rings. The van der Waals surface area contributed by atoms with Gasteiger partial charge in [0.15, 0.2) is 5.75 Å². The van der Waals surface area contributed by atoms with E-state index >= 15 is 0 Å². The molecule has 0 saturated heterocycles. The number of rotatable bonds is 0. The molecule has 0 bridgehead atoms. The second-order valence-electron chi connectivity index (χ2n) is 6.83. The van der Waals surface area contributed by atoms with Crippen LogP contribution in [0.25, 0.3) is 11.0 Å². The van der Waals surface area contributed by atoms with Crippen molar-refractivity contribution in [3.63, 3.8) is 0 Å². The van der Waals surface area contributed by atoms with Gasteiger partial charge >= 0.3 is 5.63 Å². The van der Waals surface area contributed by atoms with Crippen LogP contribution < -0.4 is 16.1 Å². The molecule has 25 heavy (non-hydrogen) atoms. The van der Waals surface area contributed by atoms with E-state index < -0.39 is 0 Å². The molecule has 2 aromatic heterocycles. The van der Waals surface area contributed by atoms with E-state index in [2.05, 4.69) is 0 Å². The minimum atomic E-state index is -0.371. The molecule has 3 aromatic rings. The Bertz CT molecular complexity index is 1080. The van der Waals surface area contributed by atoms with E-state index in [1.54, 1.807) is 6.07 Å². The molecular weight excluding hydrogens is 316 g/mol. The maximum atomic E-state index is 12.6. The standard InChI is InChI=1S/C20H18N2O3/c1-10-15-17(21)11-6-2-4-8-13(11)22-19(15)25-18-12-7-3-5-9-14(12)24-20(23)16(10)18/h3,5,7,9-10H,2,4,6,8H2,1H3,(H2,21,22). The maximum Gasteiger partial charge on any atom is 0.343 e. The van der Waals surface area contributed by atoms with Crippen LogP contribution in [0.15, 0.2) is 33.5 Å². The van der Waals surface area contributed by atoms with Gasteiger partial charge in [-0.25, -0.2) is 9.78 Å². The maximum absolute atomic E-state index is 12.6. The molecule has 2 N–H and O–H groups in total. The first-order valence-electron chi connectivity index (χ1n) is 8.70. The number of hydrogen-bond donors (Lipinski definition) is 1. The van der Waals surface area contributed by atoms with Crippen molar-refractivity contribution in [1.29, 1.82) is 0 Å². The summed E-state index contributed by atoms with van der Waals surface area (Å²) in [6.07, 6.45) is 4.11. The quantitative estimate of drug-likeness (QED) is 0.631. The van der Waals surface area contributed by atoms with Gasteiger partial charge < -0.3 is 14.9 Å². The number of fused-ring (bicyclic) bond motifs is 5. The summed E-state index contributed by atoms with van der Waals surface area (Å²) < 4.78 is 11.6. The Morgan fingerprint density at radius 1 is 1.16 bits per heavy atom. The fourth-order valence-corrected chi connectivity index (χ4v) is 4.12. The van der Waals surface area contributed by atoms with Crippen molar-refractivity contribution in [3.8, 4) is 11.6 Å². The Hall–Kier alpha value is -2.82. The lowest BCUT2D eigenvalue weighted by atomic mass is 9.85. The zero-order valence-corrected chi connectivity index (χ0v) is 14.0. The summed E-state index contributed by atoms with van der Waals surface area (Å²) in [6, 6.07) is 7.41. The number of para-hydroxylation sites is 1. The molecule has 0 radical (unpaired) electrons. The number of nitrogens with two attached hydrogens (primary N) is 1. The highest BCUT2D eigenvalue weighted by molar-refractivity contribution is 5.86. The van der Waals surface area contributed by atoms with Crippen molar-refractivity contribution in [2.75, 3.05) is 5.73 Å². The van der Waals surface area contributed by atoms with Crippen LogP contribution in [0.3, 0.4) is 0 Å². The van der Waals surface area contributed by atoms with Gasteiger partial charge in [0.1, 0.15) is 5.58 Å². The van der Waals surface area contributed by atoms with Crippen LogP contribution in [0.4, 0.5) is 5.69 Å². The van der Waals surface area contributed by atoms with Crippen molar-refractivity contribution in [2.45, 2.75) is 38.5 Å². The van der Waals surface area contributed by atoms with Gasteiger partial charge in [-0.1, -0.05) is 19.1 Å². The highest BCUT2D eigenvalue weighted by atomic mass is 16.5. The molecule has 1 unspecified atom stereocenters. The average Bonchev–Trinajstić information content (AvgIpc) is 2.61. The largest absolute Gasteiger partial charge is 0.437 e. The number of aromatic nitrogens is 1. The lowest BCUT2D eigenvalue weighted by Crippen LogP contribution is -2.22. The number of pyridine rings is 1. The van der Waals surface area contributed by atoms with E-state index in [1.807, 2.05) is 25.1 Å². The molecule has 2 aliphatic rings. The first kappa shape index (κ1) is 14.5. The minimum absolute atomic E-state index is 0.209. The summed E-state index contributed by atoms with van der Waals surface area (Å²) >= 11 is 0. The number of aryl methyl sites for hydroxylation is 1. The molecule has 3 heterocycles. The van der Waals surface area contributed by atoms with Crippen molar-refractivity contribution in [2.24, 2.45) is 0 Å². The van der Waals surface area contributed by atoms with Gasteiger partial charge in [-0.3, -0.25) is 0 Å². The van der Waals surface area contributed by atoms with Gasteiger partial charge in [-0.05, 0) is 43.4 Å². The summed E-state index contributed by atoms with van der Waals surface area (Å²) in [6.45, 7) is 1.97. The Labute approximate surface area is 144 Å². The highest BCUT2D eigenvalue weighted by Crippen LogP contribution is 2.48. The molecular formula is C20H18N2O3. The third-order valence-electron chi connectivity index (χ3n) is 5.38. The van der Waals surface area contributed by atoms with Crippen molar-refractivity contribution >= 4 is 16.7 Å². The zero-order chi connectivity index (χ0) is 17.1. The van der Waals surface area contributed by atoms with E-state index in [9.17, 15) is 4.79 Å². The fraction of sp³-hybridized carbons (Fsp3) is 0.300. The van der Waals surface area contributed by atoms with E-state index in [1.165, 1.54) is 0 Å². The predicted molar refractivity (Wildman–Crippen MR) is 95.4 cm³/mol. The first-order valence-corrected chi connectivity index (χ1v) is 8.70. The molecule has 5 nitrogen and oxygen atoms in total. The molecule has 5 rings (SSSR count). The van der Waals surface area contributed by atoms with E-state index in [0.29, 0.717) is 22.8 Å². The van der Waals surface area contributed by atoms with Crippen LogP contribution >= 0.6 is 0 Å². The van der Waals surface area contributed by atoms with Gasteiger partial charge in [0.25, 0.3) is 0 Å². The predicted octanol–water partition coefficient (Wildman–Crippen LogP) is 3.91. The number of benzene rings is 1.